The highest BCUT2D eigenvalue weighted by Gasteiger charge is 2.24. The Morgan fingerprint density at radius 1 is 1.22 bits per heavy atom. The summed E-state index contributed by atoms with van der Waals surface area (Å²) < 4.78 is 16.3. The molecule has 218 valence electrons. The molecule has 1 aliphatic carbocycles. The normalized spacial score (nSPS) is 14.9. The molecule has 11 heteroatoms. The van der Waals surface area contributed by atoms with Crippen LogP contribution in [0.25, 0.3) is 0 Å². The quantitative estimate of drug-likeness (QED) is 0.282. The number of benzene rings is 1. The van der Waals surface area contributed by atoms with Gasteiger partial charge in [-0.25, -0.2) is 14.2 Å². The van der Waals surface area contributed by atoms with Gasteiger partial charge in [0.2, 0.25) is 5.95 Å². The Labute approximate surface area is 243 Å². The number of fused-ring (bicyclic) bond motifs is 1. The van der Waals surface area contributed by atoms with E-state index in [1.165, 1.54) is 22.9 Å². The maximum absolute atomic E-state index is 12.9. The SMILES string of the molecule is C=CCNC(=O)c1cnc(Nc2cc3c(c(C(C)C)c2)CC(N(C)C)CC3)nc1Nc1cccc(N=S(C)(C)=O)n1. The van der Waals surface area contributed by atoms with Crippen LogP contribution in [0.15, 0.2) is 53.5 Å². The van der Waals surface area contributed by atoms with Crippen molar-refractivity contribution < 1.29 is 9.00 Å². The van der Waals surface area contributed by atoms with Crippen LogP contribution >= 0.6 is 0 Å². The number of nitrogens with zero attached hydrogens (tertiary/aromatic N) is 5. The zero-order valence-corrected chi connectivity index (χ0v) is 25.5. The molecule has 0 spiro atoms. The van der Waals surface area contributed by atoms with Gasteiger partial charge in [0.15, 0.2) is 5.82 Å². The Balaban J connectivity index is 1.69. The van der Waals surface area contributed by atoms with Crippen molar-refractivity contribution in [2.75, 3.05) is 43.8 Å². The second kappa shape index (κ2) is 12.8. The van der Waals surface area contributed by atoms with Crippen molar-refractivity contribution in [1.29, 1.82) is 0 Å². The predicted molar refractivity (Wildman–Crippen MR) is 167 cm³/mol. The van der Waals surface area contributed by atoms with Gasteiger partial charge in [-0.15, -0.1) is 6.58 Å². The van der Waals surface area contributed by atoms with E-state index in [2.05, 4.69) is 86.8 Å². The van der Waals surface area contributed by atoms with E-state index in [9.17, 15) is 9.00 Å². The average molecular weight is 577 g/mol. The van der Waals surface area contributed by atoms with E-state index in [-0.39, 0.29) is 17.3 Å². The van der Waals surface area contributed by atoms with Gasteiger partial charge in [-0.3, -0.25) is 4.79 Å². The second-order valence-electron chi connectivity index (χ2n) is 11.1. The van der Waals surface area contributed by atoms with Crippen molar-refractivity contribution in [1.82, 2.24) is 25.2 Å². The fourth-order valence-corrected chi connectivity index (χ4v) is 5.45. The Kier molecular flexibility index (Phi) is 9.39. The summed E-state index contributed by atoms with van der Waals surface area (Å²) in [5.41, 5.74) is 5.27. The Bertz CT molecular complexity index is 1550. The topological polar surface area (TPSA) is 125 Å². The first-order chi connectivity index (χ1) is 19.4. The maximum Gasteiger partial charge on any atom is 0.256 e. The van der Waals surface area contributed by atoms with Gasteiger partial charge in [0, 0.05) is 46.7 Å². The molecule has 4 rings (SSSR count). The standard InChI is InChI=1S/C30H40N8O2S/c1-8-14-31-29(39)25-18-32-30(36-28(25)35-26-10-9-11-27(34-26)37-41(6,7)40)33-21-15-20-12-13-22(38(4)5)17-24(20)23(16-21)19(2)3/h8-11,15-16,18-19,22H,1,12-14,17H2,2-7H3,(H,31,39)(H2,32,33,34,35,36). The molecule has 1 atom stereocenters. The number of aryl methyl sites for hydroxylation is 1. The van der Waals surface area contributed by atoms with Crippen LogP contribution in [0.5, 0.6) is 0 Å². The van der Waals surface area contributed by atoms with E-state index < -0.39 is 9.73 Å². The van der Waals surface area contributed by atoms with E-state index in [0.29, 0.717) is 36.1 Å². The lowest BCUT2D eigenvalue weighted by Crippen LogP contribution is -2.34. The van der Waals surface area contributed by atoms with Crippen LogP contribution in [-0.4, -0.2) is 69.2 Å². The molecule has 10 nitrogen and oxygen atoms in total. The van der Waals surface area contributed by atoms with Crippen LogP contribution in [0.3, 0.4) is 0 Å². The fourth-order valence-electron chi connectivity index (χ4n) is 4.90. The predicted octanol–water partition coefficient (Wildman–Crippen LogP) is 5.18. The minimum absolute atomic E-state index is 0.249. The van der Waals surface area contributed by atoms with E-state index >= 15 is 0 Å². The second-order valence-corrected chi connectivity index (χ2v) is 13.6. The van der Waals surface area contributed by atoms with Gasteiger partial charge < -0.3 is 20.9 Å². The van der Waals surface area contributed by atoms with E-state index in [4.69, 9.17) is 0 Å². The molecule has 3 N–H and O–H groups in total. The zero-order valence-electron chi connectivity index (χ0n) is 24.7. The molecular formula is C30H40N8O2S. The number of amides is 1. The molecule has 1 aliphatic rings. The molecule has 0 saturated heterocycles. The number of carbonyl (C=O) groups is 1. The summed E-state index contributed by atoms with van der Waals surface area (Å²) in [6.07, 6.45) is 9.35. The average Bonchev–Trinajstić information content (AvgIpc) is 2.90. The Hall–Kier alpha value is -3.83. The van der Waals surface area contributed by atoms with Gasteiger partial charge in [-0.2, -0.15) is 9.35 Å². The first kappa shape index (κ1) is 30.1. The van der Waals surface area contributed by atoms with Gasteiger partial charge in [-0.05, 0) is 80.2 Å². The summed E-state index contributed by atoms with van der Waals surface area (Å²) in [4.78, 5) is 28.8. The number of hydrogen-bond acceptors (Lipinski definition) is 9. The highest BCUT2D eigenvalue weighted by atomic mass is 32.2. The van der Waals surface area contributed by atoms with Crippen molar-refractivity contribution >= 4 is 44.7 Å². The molecule has 1 aromatic carbocycles. The summed E-state index contributed by atoms with van der Waals surface area (Å²) in [5.74, 6) is 1.36. The third-order valence-electron chi connectivity index (χ3n) is 6.91. The lowest BCUT2D eigenvalue weighted by molar-refractivity contribution is 0.0958. The lowest BCUT2D eigenvalue weighted by atomic mass is 9.81. The van der Waals surface area contributed by atoms with Crippen LogP contribution in [0.2, 0.25) is 0 Å². The molecule has 1 amide bonds. The highest BCUT2D eigenvalue weighted by molar-refractivity contribution is 7.92. The van der Waals surface area contributed by atoms with Crippen molar-refractivity contribution in [2.45, 2.75) is 45.1 Å². The molecule has 0 saturated carbocycles. The largest absolute Gasteiger partial charge is 0.348 e. The van der Waals surface area contributed by atoms with E-state index in [1.807, 2.05) is 0 Å². The van der Waals surface area contributed by atoms with Crippen LogP contribution in [-0.2, 0) is 22.6 Å². The van der Waals surface area contributed by atoms with Gasteiger partial charge in [0.25, 0.3) is 5.91 Å². The van der Waals surface area contributed by atoms with Crippen molar-refractivity contribution in [3.05, 3.63) is 71.4 Å². The third kappa shape index (κ3) is 7.89. The van der Waals surface area contributed by atoms with Gasteiger partial charge in [0.1, 0.15) is 17.2 Å². The van der Waals surface area contributed by atoms with Crippen molar-refractivity contribution in [3.63, 3.8) is 0 Å². The fraction of sp³-hybridized carbons (Fsp3) is 0.400. The number of likely N-dealkylation sites (N-methyl/N-ethyl adjacent to an activating group) is 1. The summed E-state index contributed by atoms with van der Waals surface area (Å²) in [7, 11) is 1.91. The number of anilines is 4. The first-order valence-corrected chi connectivity index (χ1v) is 16.0. The summed E-state index contributed by atoms with van der Waals surface area (Å²) in [6, 6.07) is 10.1. The lowest BCUT2D eigenvalue weighted by Gasteiger charge is -2.32. The smallest absolute Gasteiger partial charge is 0.256 e. The van der Waals surface area contributed by atoms with E-state index in [1.54, 1.807) is 36.8 Å². The van der Waals surface area contributed by atoms with Crippen molar-refractivity contribution in [3.8, 4) is 0 Å². The Morgan fingerprint density at radius 3 is 2.68 bits per heavy atom. The molecular weight excluding hydrogens is 536 g/mol. The maximum atomic E-state index is 12.9. The van der Waals surface area contributed by atoms with Gasteiger partial charge in [0.05, 0.1) is 0 Å². The molecule has 0 fully saturated rings. The monoisotopic (exact) mass is 576 g/mol. The van der Waals surface area contributed by atoms with Crippen LogP contribution < -0.4 is 16.0 Å². The van der Waals surface area contributed by atoms with Gasteiger partial charge >= 0.3 is 0 Å². The van der Waals surface area contributed by atoms with Crippen molar-refractivity contribution in [2.24, 2.45) is 4.36 Å². The molecule has 1 unspecified atom stereocenters. The minimum atomic E-state index is -2.39. The number of aromatic nitrogens is 3. The zero-order chi connectivity index (χ0) is 29.7. The third-order valence-corrected chi connectivity index (χ3v) is 7.53. The molecule has 2 aromatic heterocycles. The number of carbonyl (C=O) groups excluding carboxylic acids is 1. The summed E-state index contributed by atoms with van der Waals surface area (Å²) in [5, 5.41) is 9.27. The van der Waals surface area contributed by atoms with Crippen LogP contribution in [0, 0.1) is 0 Å². The summed E-state index contributed by atoms with van der Waals surface area (Å²) in [6.45, 7) is 8.40. The molecule has 41 heavy (non-hydrogen) atoms. The molecule has 0 bridgehead atoms. The molecule has 0 aliphatic heterocycles. The molecule has 3 aromatic rings. The Morgan fingerprint density at radius 2 is 2.00 bits per heavy atom. The van der Waals surface area contributed by atoms with E-state index in [0.717, 1.165) is 24.9 Å². The van der Waals surface area contributed by atoms with Gasteiger partial charge in [-0.1, -0.05) is 26.0 Å². The number of nitrogens with one attached hydrogen (secondary N) is 3. The summed E-state index contributed by atoms with van der Waals surface area (Å²) >= 11 is 0. The van der Waals surface area contributed by atoms with Crippen LogP contribution in [0.1, 0.15) is 53.2 Å². The number of pyridine rings is 1. The number of hydrogen-bond donors (Lipinski definition) is 3. The highest BCUT2D eigenvalue weighted by Crippen LogP contribution is 2.34. The first-order valence-electron chi connectivity index (χ1n) is 13.7. The number of rotatable bonds is 10. The minimum Gasteiger partial charge on any atom is -0.348 e. The van der Waals surface area contributed by atoms with Crippen LogP contribution in [0.4, 0.5) is 29.1 Å². The molecule has 0 radical (unpaired) electrons. The molecule has 2 heterocycles.